The molecule has 3 heterocycles. The van der Waals surface area contributed by atoms with E-state index >= 15 is 0 Å². The number of nitrogens with zero attached hydrogens (tertiary/aromatic N) is 4. The highest BCUT2D eigenvalue weighted by atomic mass is 15.1. The van der Waals surface area contributed by atoms with Crippen LogP contribution in [0.1, 0.15) is 24.1 Å². The van der Waals surface area contributed by atoms with Crippen LogP contribution in [0.25, 0.3) is 11.5 Å². The molecule has 0 spiro atoms. The smallest absolute Gasteiger partial charge is 0.180 e. The first-order chi connectivity index (χ1) is 11.1. The minimum atomic E-state index is 0.682. The first-order valence-corrected chi connectivity index (χ1v) is 8.32. The Hall–Kier alpha value is -2.01. The molecule has 5 heteroatoms. The molecule has 0 radical (unpaired) electrons. The van der Waals surface area contributed by atoms with Gasteiger partial charge < -0.3 is 10.2 Å². The van der Waals surface area contributed by atoms with E-state index in [4.69, 9.17) is 4.98 Å². The van der Waals surface area contributed by atoms with Gasteiger partial charge in [0.2, 0.25) is 0 Å². The third-order valence-corrected chi connectivity index (χ3v) is 4.56. The first-order valence-electron chi connectivity index (χ1n) is 8.32. The van der Waals surface area contributed by atoms with Crippen LogP contribution in [0.4, 0.5) is 5.82 Å². The van der Waals surface area contributed by atoms with E-state index in [1.165, 1.54) is 19.4 Å². The quantitative estimate of drug-likeness (QED) is 0.941. The van der Waals surface area contributed by atoms with E-state index in [0.29, 0.717) is 11.7 Å². The van der Waals surface area contributed by atoms with Gasteiger partial charge in [-0.1, -0.05) is 6.07 Å². The average molecular weight is 311 g/mol. The van der Waals surface area contributed by atoms with Gasteiger partial charge in [0.15, 0.2) is 5.82 Å². The van der Waals surface area contributed by atoms with Gasteiger partial charge in [-0.25, -0.2) is 9.97 Å². The minimum absolute atomic E-state index is 0.682. The monoisotopic (exact) mass is 311 g/mol. The second kappa shape index (κ2) is 7.04. The highest BCUT2D eigenvalue weighted by Gasteiger charge is 2.18. The van der Waals surface area contributed by atoms with Gasteiger partial charge in [-0.3, -0.25) is 4.98 Å². The maximum absolute atomic E-state index is 4.71. The summed E-state index contributed by atoms with van der Waals surface area (Å²) in [6, 6.07) is 5.82. The predicted molar refractivity (Wildman–Crippen MR) is 93.4 cm³/mol. The second-order valence-electron chi connectivity index (χ2n) is 6.47. The molecule has 3 rings (SSSR count). The van der Waals surface area contributed by atoms with Gasteiger partial charge in [-0.05, 0) is 58.3 Å². The van der Waals surface area contributed by atoms with E-state index in [9.17, 15) is 0 Å². The molecule has 2 aromatic heterocycles. The predicted octanol–water partition coefficient (Wildman–Crippen LogP) is 2.91. The molecule has 23 heavy (non-hydrogen) atoms. The minimum Gasteiger partial charge on any atom is -0.369 e. The van der Waals surface area contributed by atoms with Crippen molar-refractivity contribution in [2.45, 2.75) is 26.7 Å². The van der Waals surface area contributed by atoms with E-state index in [1.807, 2.05) is 25.1 Å². The third kappa shape index (κ3) is 3.85. The molecule has 1 saturated heterocycles. The summed E-state index contributed by atoms with van der Waals surface area (Å²) >= 11 is 0. The SMILES string of the molecule is Cc1nc(-c2ccccn2)nc(NCC2CCCN(C)C2)c1C. The van der Waals surface area contributed by atoms with Crippen LogP contribution in [-0.2, 0) is 0 Å². The molecule has 122 valence electrons. The summed E-state index contributed by atoms with van der Waals surface area (Å²) in [7, 11) is 2.20. The molecular weight excluding hydrogens is 286 g/mol. The second-order valence-corrected chi connectivity index (χ2v) is 6.47. The Morgan fingerprint density at radius 1 is 1.26 bits per heavy atom. The van der Waals surface area contributed by atoms with Crippen molar-refractivity contribution in [3.05, 3.63) is 35.7 Å². The lowest BCUT2D eigenvalue weighted by molar-refractivity contribution is 0.217. The summed E-state index contributed by atoms with van der Waals surface area (Å²) in [6.07, 6.45) is 4.34. The molecule has 1 fully saturated rings. The number of piperidine rings is 1. The summed E-state index contributed by atoms with van der Waals surface area (Å²) < 4.78 is 0. The van der Waals surface area contributed by atoms with Crippen molar-refractivity contribution in [1.29, 1.82) is 0 Å². The number of pyridine rings is 1. The van der Waals surface area contributed by atoms with Gasteiger partial charge in [0.25, 0.3) is 0 Å². The zero-order chi connectivity index (χ0) is 16.2. The molecule has 2 aromatic rings. The van der Waals surface area contributed by atoms with Gasteiger partial charge in [0.1, 0.15) is 11.5 Å². The summed E-state index contributed by atoms with van der Waals surface area (Å²) in [5.41, 5.74) is 2.94. The Morgan fingerprint density at radius 2 is 2.13 bits per heavy atom. The fourth-order valence-electron chi connectivity index (χ4n) is 3.09. The topological polar surface area (TPSA) is 53.9 Å². The molecular formula is C18H25N5. The van der Waals surface area contributed by atoms with Gasteiger partial charge in [-0.15, -0.1) is 0 Å². The van der Waals surface area contributed by atoms with Crippen LogP contribution in [0.2, 0.25) is 0 Å². The van der Waals surface area contributed by atoms with E-state index in [1.54, 1.807) is 6.20 Å². The lowest BCUT2D eigenvalue weighted by atomic mass is 9.98. The van der Waals surface area contributed by atoms with Crippen LogP contribution in [0.15, 0.2) is 24.4 Å². The van der Waals surface area contributed by atoms with Crippen molar-refractivity contribution in [3.8, 4) is 11.5 Å². The molecule has 1 aliphatic rings. The number of hydrogen-bond acceptors (Lipinski definition) is 5. The number of aromatic nitrogens is 3. The number of rotatable bonds is 4. The molecule has 5 nitrogen and oxygen atoms in total. The van der Waals surface area contributed by atoms with E-state index in [0.717, 1.165) is 35.9 Å². The van der Waals surface area contributed by atoms with Gasteiger partial charge >= 0.3 is 0 Å². The van der Waals surface area contributed by atoms with Crippen molar-refractivity contribution in [2.75, 3.05) is 32.0 Å². The van der Waals surface area contributed by atoms with Crippen molar-refractivity contribution < 1.29 is 0 Å². The Kier molecular flexibility index (Phi) is 4.86. The van der Waals surface area contributed by atoms with Gasteiger partial charge in [0, 0.05) is 30.5 Å². The summed E-state index contributed by atoms with van der Waals surface area (Å²) in [4.78, 5) is 16.1. The van der Waals surface area contributed by atoms with E-state index in [2.05, 4.69) is 34.2 Å². The van der Waals surface area contributed by atoms with E-state index < -0.39 is 0 Å². The van der Waals surface area contributed by atoms with Crippen molar-refractivity contribution in [1.82, 2.24) is 19.9 Å². The van der Waals surface area contributed by atoms with Crippen LogP contribution in [0.3, 0.4) is 0 Å². The fourth-order valence-corrected chi connectivity index (χ4v) is 3.09. The molecule has 1 unspecified atom stereocenters. The lowest BCUT2D eigenvalue weighted by Gasteiger charge is -2.30. The lowest BCUT2D eigenvalue weighted by Crippen LogP contribution is -2.35. The summed E-state index contributed by atoms with van der Waals surface area (Å²) in [5.74, 6) is 2.31. The number of aryl methyl sites for hydroxylation is 1. The number of nitrogens with one attached hydrogen (secondary N) is 1. The maximum Gasteiger partial charge on any atom is 0.180 e. The zero-order valence-corrected chi connectivity index (χ0v) is 14.2. The molecule has 0 amide bonds. The average Bonchev–Trinajstić information content (AvgIpc) is 2.57. The first kappa shape index (κ1) is 15.9. The highest BCUT2D eigenvalue weighted by Crippen LogP contribution is 2.22. The number of hydrogen-bond donors (Lipinski definition) is 1. The summed E-state index contributed by atoms with van der Waals surface area (Å²) in [6.45, 7) is 7.44. The van der Waals surface area contributed by atoms with Crippen molar-refractivity contribution in [2.24, 2.45) is 5.92 Å². The van der Waals surface area contributed by atoms with Crippen molar-refractivity contribution >= 4 is 5.82 Å². The molecule has 1 N–H and O–H groups in total. The maximum atomic E-state index is 4.71. The third-order valence-electron chi connectivity index (χ3n) is 4.56. The standard InChI is InChI=1S/C18H25N5/c1-13-14(2)21-18(16-8-4-5-9-19-16)22-17(13)20-11-15-7-6-10-23(3)12-15/h4-5,8-9,15H,6-7,10-12H2,1-3H3,(H,20,21,22). The van der Waals surface area contributed by atoms with Crippen LogP contribution in [0.5, 0.6) is 0 Å². The molecule has 0 aliphatic carbocycles. The molecule has 1 atom stereocenters. The van der Waals surface area contributed by atoms with Crippen molar-refractivity contribution in [3.63, 3.8) is 0 Å². The molecule has 1 aliphatic heterocycles. The Labute approximate surface area is 138 Å². The fraction of sp³-hybridized carbons (Fsp3) is 0.500. The Bertz CT molecular complexity index is 656. The van der Waals surface area contributed by atoms with Crippen LogP contribution < -0.4 is 5.32 Å². The number of anilines is 1. The zero-order valence-electron chi connectivity index (χ0n) is 14.2. The molecule has 0 aromatic carbocycles. The summed E-state index contributed by atoms with van der Waals surface area (Å²) in [5, 5.41) is 3.55. The number of likely N-dealkylation sites (tertiary alicyclic amines) is 1. The van der Waals surface area contributed by atoms with Gasteiger partial charge in [0.05, 0.1) is 0 Å². The Morgan fingerprint density at radius 3 is 2.87 bits per heavy atom. The normalized spacial score (nSPS) is 18.8. The Balaban J connectivity index is 1.77. The van der Waals surface area contributed by atoms with Crippen LogP contribution in [0, 0.1) is 19.8 Å². The van der Waals surface area contributed by atoms with Gasteiger partial charge in [-0.2, -0.15) is 0 Å². The molecule has 0 saturated carbocycles. The van der Waals surface area contributed by atoms with Crippen LogP contribution >= 0.6 is 0 Å². The molecule has 0 bridgehead atoms. The van der Waals surface area contributed by atoms with Crippen LogP contribution in [-0.4, -0.2) is 46.5 Å². The highest BCUT2D eigenvalue weighted by molar-refractivity contribution is 5.56. The largest absolute Gasteiger partial charge is 0.369 e. The van der Waals surface area contributed by atoms with E-state index in [-0.39, 0.29) is 0 Å².